The van der Waals surface area contributed by atoms with E-state index in [0.29, 0.717) is 0 Å². The first-order valence-electron chi connectivity index (χ1n) is 1.07. The van der Waals surface area contributed by atoms with E-state index in [9.17, 15) is 0 Å². The Kier molecular flexibility index (Phi) is 74.1. The van der Waals surface area contributed by atoms with Crippen molar-refractivity contribution in [3.8, 4) is 0 Å². The molecule has 0 unspecified atom stereocenters. The van der Waals surface area contributed by atoms with Gasteiger partial charge in [-0.05, 0) is 0 Å². The average Bonchev–Trinajstić information content (AvgIpc) is 1.12. The molecule has 0 spiro atoms. The molecule has 0 saturated heterocycles. The maximum Gasteiger partial charge on any atom is -0.693 e. The van der Waals surface area contributed by atoms with Crippen LogP contribution in [0.5, 0.6) is 0 Å². The molecule has 0 saturated carbocycles. The molecule has 120 valence electrons. The second-order valence-electron chi connectivity index (χ2n) is 0.606. The van der Waals surface area contributed by atoms with Crippen LogP contribution >= 0.6 is 77.5 Å². The van der Waals surface area contributed by atoms with E-state index in [-0.39, 0.29) is 35.6 Å². The maximum absolute atomic E-state index is 5.00. The summed E-state index contributed by atoms with van der Waals surface area (Å²) in [6, 6.07) is 0. The Morgan fingerprint density at radius 2 is 0.438 bits per heavy atom. The van der Waals surface area contributed by atoms with Crippen LogP contribution in [0.1, 0.15) is 0 Å². The largest absolute Gasteiger partial charge is 0.693 e. The molecule has 0 aliphatic rings. The maximum atomic E-state index is 5.00. The third-order valence-corrected chi connectivity index (χ3v) is 0. The molecule has 15 N–H and O–H groups in total. The zero-order valence-electron chi connectivity index (χ0n) is 7.43. The van der Waals surface area contributed by atoms with Crippen LogP contribution in [-0.2, 0) is 21.6 Å². The van der Waals surface area contributed by atoms with Crippen LogP contribution in [-0.4, -0.2) is 11.0 Å². The van der Waals surface area contributed by atoms with Gasteiger partial charge in [0.2, 0.25) is 0 Å². The van der Waals surface area contributed by atoms with E-state index in [1.54, 1.807) is 0 Å². The smallest absolute Gasteiger partial charge is 0.693 e. The van der Waals surface area contributed by atoms with E-state index in [0.717, 1.165) is 0 Å². The van der Waals surface area contributed by atoms with Crippen LogP contribution in [0.3, 0.4) is 0 Å². The van der Waals surface area contributed by atoms with E-state index in [1.165, 1.54) is 0 Å². The summed E-state index contributed by atoms with van der Waals surface area (Å²) in [6.07, 6.45) is 0. The first-order valence-corrected chi connectivity index (χ1v) is 19.0. The molecule has 6 nitrogen and oxygen atoms in total. The molecule has 0 bridgehead atoms. The second kappa shape index (κ2) is 23.4. The molecule has 0 radical (unpaired) electrons. The summed E-state index contributed by atoms with van der Waals surface area (Å²) in [7, 11) is 34.0. The molecule has 0 aromatic heterocycles. The van der Waals surface area contributed by atoms with Crippen molar-refractivity contribution >= 4 is 77.5 Å². The molecule has 0 amide bonds. The Hall–Kier alpha value is 3.33. The summed E-state index contributed by atoms with van der Waals surface area (Å²) in [4.78, 5) is 0. The van der Waals surface area contributed by atoms with Crippen LogP contribution < -0.4 is 18.5 Å². The standard InChI is InChI=1S/8ClH.3H3N.H2N.2H2O.2Ru/h8*1H;3*1H3;3*1H2;;/q;;;;;;;;;;;-1;;;2*+4/p-8. The number of hydrogen-bond acceptors (Lipinski definition) is 3. The molecule has 0 aromatic carbocycles. The van der Waals surface area contributed by atoms with Crippen molar-refractivity contribution in [2.45, 2.75) is 0 Å². The summed E-state index contributed by atoms with van der Waals surface area (Å²) in [5.41, 5.74) is 0. The minimum atomic E-state index is -2.97. The van der Waals surface area contributed by atoms with Gasteiger partial charge in [0.05, 0.1) is 0 Å². The van der Waals surface area contributed by atoms with Gasteiger partial charge < -0.3 is 35.6 Å². The molecular weight excluding hydrogens is 574 g/mol. The van der Waals surface area contributed by atoms with Crippen molar-refractivity contribution in [1.29, 1.82) is 0 Å². The zero-order chi connectivity index (χ0) is 9.00. The molecule has 16 heteroatoms. The van der Waals surface area contributed by atoms with Crippen LogP contribution in [0.4, 0.5) is 0 Å². The summed E-state index contributed by atoms with van der Waals surface area (Å²) < 4.78 is 0. The van der Waals surface area contributed by atoms with Crippen molar-refractivity contribution < 1.29 is 32.6 Å². The Morgan fingerprint density at radius 3 is 0.438 bits per heavy atom. The predicted octanol–water partition coefficient (Wildman–Crippen LogP) is 5.06. The molecule has 0 aliphatic heterocycles. The van der Waals surface area contributed by atoms with Gasteiger partial charge in [-0.3, -0.25) is 0 Å². The van der Waals surface area contributed by atoms with Crippen molar-refractivity contribution in [2.24, 2.45) is 0 Å². The summed E-state index contributed by atoms with van der Waals surface area (Å²) in [5, 5.41) is 0. The first kappa shape index (κ1) is 50.6. The van der Waals surface area contributed by atoms with Crippen molar-refractivity contribution in [2.75, 3.05) is 0 Å². The second-order valence-corrected chi connectivity index (χ2v) is 32.3. The first-order chi connectivity index (χ1) is 4.00. The van der Waals surface area contributed by atoms with Gasteiger partial charge in [-0.15, -0.1) is 0 Å². The molecular formula is H15Cl8N4O2Ru2-. The van der Waals surface area contributed by atoms with Gasteiger partial charge >= 0.3 is 99.2 Å². The fourth-order valence-corrected chi connectivity index (χ4v) is 0. The van der Waals surface area contributed by atoms with E-state index in [4.69, 9.17) is 77.5 Å². The molecule has 0 fully saturated rings. The predicted molar refractivity (Wildman–Crippen MR) is 74.4 cm³/mol. The van der Waals surface area contributed by atoms with Gasteiger partial charge in [0.25, 0.3) is 0 Å². The molecule has 0 atom stereocenters. The Labute approximate surface area is 133 Å². The zero-order valence-corrected chi connectivity index (χ0v) is 17.0. The van der Waals surface area contributed by atoms with Crippen molar-refractivity contribution in [3.05, 3.63) is 6.15 Å². The van der Waals surface area contributed by atoms with Gasteiger partial charge in [0, 0.05) is 0 Å². The monoisotopic (exact) mass is 587 g/mol. The van der Waals surface area contributed by atoms with E-state index >= 15 is 0 Å². The normalized spacial score (nSPS) is 9.50. The quantitative estimate of drug-likeness (QED) is 0.332. The van der Waals surface area contributed by atoms with Crippen molar-refractivity contribution in [3.63, 3.8) is 0 Å². The van der Waals surface area contributed by atoms with Crippen LogP contribution in [0.25, 0.3) is 6.15 Å². The third-order valence-electron chi connectivity index (χ3n) is 0. The number of rotatable bonds is 0. The third kappa shape index (κ3) is 417. The van der Waals surface area contributed by atoms with Crippen LogP contribution in [0.15, 0.2) is 0 Å². The van der Waals surface area contributed by atoms with Gasteiger partial charge in [-0.2, -0.15) is 0 Å². The minimum Gasteiger partial charge on any atom is -0.693 e. The van der Waals surface area contributed by atoms with E-state index in [1.807, 2.05) is 0 Å². The number of halogens is 8. The fraction of sp³-hybridized carbons (Fsp3) is 0. The number of nitrogens with two attached hydrogens (primary N) is 1. The number of hydrogen-bond donors (Lipinski definition) is 3. The van der Waals surface area contributed by atoms with Crippen LogP contribution in [0, 0.1) is 0 Å². The SMILES string of the molecule is N.N.N.O.O.[Cl][Ru]([Cl])([Cl])[Cl].[Cl][Ru]([Cl])([Cl])[Cl].[NH2-]. The van der Waals surface area contributed by atoms with Gasteiger partial charge in [-0.25, -0.2) is 0 Å². The van der Waals surface area contributed by atoms with Crippen LogP contribution in [0.2, 0.25) is 0 Å². The fourth-order valence-electron chi connectivity index (χ4n) is 0. The van der Waals surface area contributed by atoms with E-state index in [2.05, 4.69) is 0 Å². The molecule has 0 rings (SSSR count). The summed E-state index contributed by atoms with van der Waals surface area (Å²) >= 11 is 0. The minimum absolute atomic E-state index is 0. The molecule has 0 heterocycles. The Morgan fingerprint density at radius 1 is 0.438 bits per heavy atom. The Bertz CT molecular complexity index is 71.0. The Balaban J connectivity index is -0.00000000970. The van der Waals surface area contributed by atoms with Gasteiger partial charge in [0.15, 0.2) is 0 Å². The van der Waals surface area contributed by atoms with Gasteiger partial charge in [-0.1, -0.05) is 0 Å². The average molecular weight is 589 g/mol. The van der Waals surface area contributed by atoms with Gasteiger partial charge in [0.1, 0.15) is 0 Å². The van der Waals surface area contributed by atoms with E-state index < -0.39 is 21.6 Å². The molecule has 0 aromatic rings. The summed E-state index contributed by atoms with van der Waals surface area (Å²) in [5.74, 6) is 0. The summed E-state index contributed by atoms with van der Waals surface area (Å²) in [6.45, 7) is 0. The topological polar surface area (TPSA) is 202 Å². The molecule has 0 aliphatic carbocycles. The molecule has 16 heavy (non-hydrogen) atoms. The van der Waals surface area contributed by atoms with Crippen molar-refractivity contribution in [1.82, 2.24) is 18.5 Å².